The summed E-state index contributed by atoms with van der Waals surface area (Å²) < 4.78 is 4.66. The Morgan fingerprint density at radius 2 is 1.90 bits per heavy atom. The molecule has 1 fully saturated rings. The zero-order valence-corrected chi connectivity index (χ0v) is 12.8. The molecule has 116 valence electrons. The molecule has 0 heterocycles. The van der Waals surface area contributed by atoms with Gasteiger partial charge >= 0.3 is 5.97 Å². The van der Waals surface area contributed by atoms with Gasteiger partial charge in [0.05, 0.1) is 7.11 Å². The normalized spacial score (nSPS) is 17.6. The number of hydrogen-bond donors (Lipinski definition) is 1. The van der Waals surface area contributed by atoms with Crippen molar-refractivity contribution in [2.24, 2.45) is 11.1 Å². The summed E-state index contributed by atoms with van der Waals surface area (Å²) in [5.41, 5.74) is 5.87. The van der Waals surface area contributed by atoms with E-state index < -0.39 is 0 Å². The largest absolute Gasteiger partial charge is 0.468 e. The van der Waals surface area contributed by atoms with E-state index in [1.54, 1.807) is 4.90 Å². The monoisotopic (exact) mass is 284 g/mol. The van der Waals surface area contributed by atoms with Crippen molar-refractivity contribution >= 4 is 11.9 Å². The topological polar surface area (TPSA) is 72.6 Å². The molecule has 5 heteroatoms. The lowest BCUT2D eigenvalue weighted by Crippen LogP contribution is -2.42. The Hall–Kier alpha value is -1.10. The van der Waals surface area contributed by atoms with Crippen molar-refractivity contribution in [1.29, 1.82) is 0 Å². The average Bonchev–Trinajstić information content (AvgIpc) is 2.47. The van der Waals surface area contributed by atoms with E-state index in [0.717, 1.165) is 32.1 Å². The van der Waals surface area contributed by atoms with E-state index in [1.165, 1.54) is 13.5 Å². The van der Waals surface area contributed by atoms with E-state index >= 15 is 0 Å². The van der Waals surface area contributed by atoms with Crippen LogP contribution in [0.2, 0.25) is 0 Å². The van der Waals surface area contributed by atoms with Gasteiger partial charge in [-0.1, -0.05) is 26.2 Å². The molecule has 0 aliphatic heterocycles. The SMILES string of the molecule is CCCN(CC(=O)OC)C(=O)CC1(CN)CCCCC1. The molecule has 0 atom stereocenters. The van der Waals surface area contributed by atoms with Gasteiger partial charge in [0.15, 0.2) is 0 Å². The number of hydrogen-bond acceptors (Lipinski definition) is 4. The summed E-state index contributed by atoms with van der Waals surface area (Å²) in [6.45, 7) is 3.19. The lowest BCUT2D eigenvalue weighted by molar-refractivity contribution is -0.148. The van der Waals surface area contributed by atoms with E-state index in [-0.39, 0.29) is 23.8 Å². The van der Waals surface area contributed by atoms with Gasteiger partial charge in [0.25, 0.3) is 0 Å². The predicted octanol–water partition coefficient (Wildman–Crippen LogP) is 1.70. The van der Waals surface area contributed by atoms with E-state index in [4.69, 9.17) is 5.73 Å². The van der Waals surface area contributed by atoms with Crippen molar-refractivity contribution < 1.29 is 14.3 Å². The third-order valence-corrected chi connectivity index (χ3v) is 4.27. The van der Waals surface area contributed by atoms with Crippen LogP contribution in [-0.4, -0.2) is 43.5 Å². The standard InChI is InChI=1S/C15H28N2O3/c1-3-9-17(11-14(19)20-2)13(18)10-15(12-16)7-5-4-6-8-15/h3-12,16H2,1-2H3. The summed E-state index contributed by atoms with van der Waals surface area (Å²) in [7, 11) is 1.35. The van der Waals surface area contributed by atoms with E-state index in [1.807, 2.05) is 6.92 Å². The third kappa shape index (κ3) is 4.78. The van der Waals surface area contributed by atoms with Crippen LogP contribution in [0.1, 0.15) is 51.9 Å². The molecule has 0 aromatic rings. The minimum Gasteiger partial charge on any atom is -0.468 e. The predicted molar refractivity (Wildman–Crippen MR) is 78.1 cm³/mol. The van der Waals surface area contributed by atoms with Crippen LogP contribution in [0.25, 0.3) is 0 Å². The number of methoxy groups -OCH3 is 1. The van der Waals surface area contributed by atoms with Gasteiger partial charge in [-0.2, -0.15) is 0 Å². The Kier molecular flexibility index (Phi) is 6.99. The molecule has 0 spiro atoms. The zero-order chi connectivity index (χ0) is 15.0. The van der Waals surface area contributed by atoms with Gasteiger partial charge in [0.1, 0.15) is 6.54 Å². The summed E-state index contributed by atoms with van der Waals surface area (Å²) in [5.74, 6) is -0.332. The Morgan fingerprint density at radius 1 is 1.25 bits per heavy atom. The minimum absolute atomic E-state index is 0.0320. The number of amides is 1. The maximum Gasteiger partial charge on any atom is 0.325 e. The summed E-state index contributed by atoms with van der Waals surface area (Å²) >= 11 is 0. The second-order valence-corrected chi connectivity index (χ2v) is 5.83. The Balaban J connectivity index is 2.65. The van der Waals surface area contributed by atoms with Crippen molar-refractivity contribution in [3.63, 3.8) is 0 Å². The van der Waals surface area contributed by atoms with Gasteiger partial charge in [-0.05, 0) is 31.2 Å². The van der Waals surface area contributed by atoms with Crippen LogP contribution < -0.4 is 5.73 Å². The minimum atomic E-state index is -0.364. The van der Waals surface area contributed by atoms with Crippen LogP contribution in [0.3, 0.4) is 0 Å². The van der Waals surface area contributed by atoms with Crippen molar-refractivity contribution in [2.45, 2.75) is 51.9 Å². The fourth-order valence-electron chi connectivity index (χ4n) is 2.97. The van der Waals surface area contributed by atoms with Crippen LogP contribution in [0.5, 0.6) is 0 Å². The quantitative estimate of drug-likeness (QED) is 0.722. The van der Waals surface area contributed by atoms with Gasteiger partial charge in [0, 0.05) is 13.0 Å². The van der Waals surface area contributed by atoms with Crippen LogP contribution >= 0.6 is 0 Å². The van der Waals surface area contributed by atoms with Gasteiger partial charge in [-0.15, -0.1) is 0 Å². The maximum atomic E-state index is 12.5. The van der Waals surface area contributed by atoms with Gasteiger partial charge in [-0.25, -0.2) is 0 Å². The van der Waals surface area contributed by atoms with Crippen molar-refractivity contribution in [3.05, 3.63) is 0 Å². The highest BCUT2D eigenvalue weighted by Gasteiger charge is 2.34. The molecule has 0 aromatic carbocycles. The first kappa shape index (κ1) is 17.0. The molecule has 0 bridgehead atoms. The first-order valence-electron chi connectivity index (χ1n) is 7.61. The van der Waals surface area contributed by atoms with Gasteiger partial charge < -0.3 is 15.4 Å². The molecule has 2 N–H and O–H groups in total. The summed E-state index contributed by atoms with van der Waals surface area (Å²) in [6, 6.07) is 0. The molecule has 20 heavy (non-hydrogen) atoms. The first-order chi connectivity index (χ1) is 9.56. The molecule has 0 saturated heterocycles. The molecule has 0 aromatic heterocycles. The second-order valence-electron chi connectivity index (χ2n) is 5.83. The molecule has 1 aliphatic rings. The van der Waals surface area contributed by atoms with Gasteiger partial charge in [0.2, 0.25) is 5.91 Å². The summed E-state index contributed by atoms with van der Waals surface area (Å²) in [4.78, 5) is 25.5. The van der Waals surface area contributed by atoms with Crippen LogP contribution in [-0.2, 0) is 14.3 Å². The lowest BCUT2D eigenvalue weighted by atomic mass is 9.71. The number of carbonyl (C=O) groups excluding carboxylic acids is 2. The molecule has 5 nitrogen and oxygen atoms in total. The fraction of sp³-hybridized carbons (Fsp3) is 0.867. The van der Waals surface area contributed by atoms with Crippen LogP contribution in [0, 0.1) is 5.41 Å². The summed E-state index contributed by atoms with van der Waals surface area (Å²) in [6.07, 6.45) is 6.86. The Morgan fingerprint density at radius 3 is 2.40 bits per heavy atom. The highest BCUT2D eigenvalue weighted by Crippen LogP contribution is 2.38. The fourth-order valence-corrected chi connectivity index (χ4v) is 2.97. The number of esters is 1. The Bertz CT molecular complexity index is 325. The molecular weight excluding hydrogens is 256 g/mol. The number of nitrogens with zero attached hydrogens (tertiary/aromatic N) is 1. The third-order valence-electron chi connectivity index (χ3n) is 4.27. The number of nitrogens with two attached hydrogens (primary N) is 1. The van der Waals surface area contributed by atoms with Gasteiger partial charge in [-0.3, -0.25) is 9.59 Å². The molecule has 1 rings (SSSR count). The number of carbonyl (C=O) groups is 2. The highest BCUT2D eigenvalue weighted by atomic mass is 16.5. The molecule has 0 unspecified atom stereocenters. The number of rotatable bonds is 7. The van der Waals surface area contributed by atoms with Crippen molar-refractivity contribution in [2.75, 3.05) is 26.7 Å². The molecule has 1 amide bonds. The van der Waals surface area contributed by atoms with E-state index in [2.05, 4.69) is 4.74 Å². The average molecular weight is 284 g/mol. The molecule has 1 saturated carbocycles. The second kappa shape index (κ2) is 8.25. The maximum absolute atomic E-state index is 12.5. The van der Waals surface area contributed by atoms with Crippen LogP contribution in [0.4, 0.5) is 0 Å². The zero-order valence-electron chi connectivity index (χ0n) is 12.8. The molecule has 1 aliphatic carbocycles. The van der Waals surface area contributed by atoms with Crippen molar-refractivity contribution in [1.82, 2.24) is 4.90 Å². The first-order valence-corrected chi connectivity index (χ1v) is 7.61. The molecule has 0 radical (unpaired) electrons. The van der Waals surface area contributed by atoms with Crippen LogP contribution in [0.15, 0.2) is 0 Å². The smallest absolute Gasteiger partial charge is 0.325 e. The number of ether oxygens (including phenoxy) is 1. The highest BCUT2D eigenvalue weighted by molar-refractivity contribution is 5.82. The summed E-state index contributed by atoms with van der Waals surface area (Å²) in [5, 5.41) is 0. The van der Waals surface area contributed by atoms with Crippen molar-refractivity contribution in [3.8, 4) is 0 Å². The van der Waals surface area contributed by atoms with E-state index in [9.17, 15) is 9.59 Å². The Labute approximate surface area is 121 Å². The lowest BCUT2D eigenvalue weighted by Gasteiger charge is -2.37. The van der Waals surface area contributed by atoms with E-state index in [0.29, 0.717) is 19.5 Å². The molecular formula is C15H28N2O3.